The van der Waals surface area contributed by atoms with E-state index in [4.69, 9.17) is 10.2 Å². The second-order valence-corrected chi connectivity index (χ2v) is 2.47. The maximum atomic E-state index is 10.9. The minimum atomic E-state index is -1.24. The van der Waals surface area contributed by atoms with Gasteiger partial charge in [-0.2, -0.15) is 0 Å². The first kappa shape index (κ1) is 11.6. The second kappa shape index (κ2) is 6.19. The van der Waals surface area contributed by atoms with E-state index in [0.717, 1.165) is 0 Å². The van der Waals surface area contributed by atoms with E-state index in [0.29, 0.717) is 6.42 Å². The van der Waals surface area contributed by atoms with E-state index in [2.05, 4.69) is 11.9 Å². The van der Waals surface area contributed by atoms with Crippen LogP contribution in [-0.4, -0.2) is 34.7 Å². The molecule has 1 amide bonds. The summed E-state index contributed by atoms with van der Waals surface area (Å²) < 4.78 is 0. The fourth-order valence-corrected chi connectivity index (χ4v) is 0.685. The highest BCUT2D eigenvalue weighted by molar-refractivity contribution is 5.83. The van der Waals surface area contributed by atoms with Gasteiger partial charge in [0.15, 0.2) is 0 Å². The third-order valence-electron chi connectivity index (χ3n) is 1.39. The molecule has 0 radical (unpaired) electrons. The van der Waals surface area contributed by atoms with Crippen LogP contribution in [0.15, 0.2) is 12.7 Å². The molecule has 0 aromatic carbocycles. The summed E-state index contributed by atoms with van der Waals surface area (Å²) in [4.78, 5) is 21.3. The molecule has 0 bridgehead atoms. The molecule has 5 nitrogen and oxygen atoms in total. The van der Waals surface area contributed by atoms with Crippen LogP contribution in [0, 0.1) is 0 Å². The van der Waals surface area contributed by atoms with Gasteiger partial charge in [0.05, 0.1) is 6.61 Å². The average Bonchev–Trinajstić information content (AvgIpc) is 2.10. The first-order chi connectivity index (χ1) is 6.11. The summed E-state index contributed by atoms with van der Waals surface area (Å²) in [6, 6.07) is -1.21. The molecule has 0 heterocycles. The van der Waals surface area contributed by atoms with Crippen LogP contribution in [0.3, 0.4) is 0 Å². The fraction of sp³-hybridized carbons (Fsp3) is 0.500. The van der Waals surface area contributed by atoms with Gasteiger partial charge in [-0.15, -0.1) is 6.58 Å². The molecule has 0 rings (SSSR count). The molecule has 0 aliphatic rings. The van der Waals surface area contributed by atoms with Gasteiger partial charge in [-0.1, -0.05) is 6.08 Å². The number of carbonyl (C=O) groups is 2. The van der Waals surface area contributed by atoms with E-state index in [1.54, 1.807) is 6.08 Å². The van der Waals surface area contributed by atoms with Crippen molar-refractivity contribution in [2.75, 3.05) is 6.61 Å². The zero-order valence-electron chi connectivity index (χ0n) is 7.19. The molecule has 0 aromatic heterocycles. The molecule has 74 valence electrons. The molecular formula is C8H13NO4. The van der Waals surface area contributed by atoms with Crippen LogP contribution in [-0.2, 0) is 9.59 Å². The maximum Gasteiger partial charge on any atom is 0.328 e. The Hall–Kier alpha value is -1.36. The van der Waals surface area contributed by atoms with Gasteiger partial charge in [0.2, 0.25) is 5.91 Å². The van der Waals surface area contributed by atoms with Crippen LogP contribution in [0.25, 0.3) is 0 Å². The Kier molecular flexibility index (Phi) is 5.54. The number of aliphatic carboxylic acids is 1. The molecule has 0 aromatic rings. The topological polar surface area (TPSA) is 86.6 Å². The van der Waals surface area contributed by atoms with Crippen molar-refractivity contribution in [1.29, 1.82) is 0 Å². The predicted octanol–water partition coefficient (Wildman–Crippen LogP) is -0.486. The molecule has 13 heavy (non-hydrogen) atoms. The monoisotopic (exact) mass is 187 g/mol. The summed E-state index contributed by atoms with van der Waals surface area (Å²) >= 11 is 0. The van der Waals surface area contributed by atoms with Gasteiger partial charge in [-0.05, 0) is 6.42 Å². The highest BCUT2D eigenvalue weighted by atomic mass is 16.4. The van der Waals surface area contributed by atoms with Crippen LogP contribution in [0.1, 0.15) is 12.8 Å². The molecule has 3 N–H and O–H groups in total. The number of nitrogens with one attached hydrogen (secondary N) is 1. The van der Waals surface area contributed by atoms with Crippen LogP contribution in [0.4, 0.5) is 0 Å². The minimum absolute atomic E-state index is 0.188. The van der Waals surface area contributed by atoms with Crippen LogP contribution >= 0.6 is 0 Å². The van der Waals surface area contributed by atoms with Crippen molar-refractivity contribution in [2.45, 2.75) is 18.9 Å². The first-order valence-corrected chi connectivity index (χ1v) is 3.85. The van der Waals surface area contributed by atoms with E-state index in [9.17, 15) is 9.59 Å². The fourth-order valence-electron chi connectivity index (χ4n) is 0.685. The molecule has 1 atom stereocenters. The van der Waals surface area contributed by atoms with Crippen LogP contribution in [0.5, 0.6) is 0 Å². The molecule has 0 fully saturated rings. The first-order valence-electron chi connectivity index (χ1n) is 3.85. The summed E-state index contributed by atoms with van der Waals surface area (Å²) in [5.74, 6) is -1.64. The molecule has 0 unspecified atom stereocenters. The number of hydrogen-bond donors (Lipinski definition) is 3. The Bertz CT molecular complexity index is 202. The summed E-state index contributed by atoms with van der Waals surface area (Å²) in [5, 5.41) is 19.2. The quantitative estimate of drug-likeness (QED) is 0.490. The molecular weight excluding hydrogens is 174 g/mol. The number of amides is 1. The average molecular weight is 187 g/mol. The summed E-state index contributed by atoms with van der Waals surface area (Å²) in [6.07, 6.45) is 2.24. The van der Waals surface area contributed by atoms with Crippen LogP contribution in [0.2, 0.25) is 0 Å². The van der Waals surface area contributed by atoms with Gasteiger partial charge in [0, 0.05) is 6.42 Å². The second-order valence-electron chi connectivity index (χ2n) is 2.47. The van der Waals surface area contributed by atoms with Gasteiger partial charge in [0.25, 0.3) is 0 Å². The molecule has 5 heteroatoms. The number of rotatable bonds is 6. The smallest absolute Gasteiger partial charge is 0.328 e. The summed E-state index contributed by atoms with van der Waals surface area (Å²) in [5.41, 5.74) is 0. The lowest BCUT2D eigenvalue weighted by molar-refractivity contribution is -0.142. The lowest BCUT2D eigenvalue weighted by atomic mass is 10.2. The number of hydrogen-bond acceptors (Lipinski definition) is 3. The third kappa shape index (κ3) is 4.97. The Labute approximate surface area is 76.1 Å². The van der Waals surface area contributed by atoms with Gasteiger partial charge in [-0.25, -0.2) is 4.79 Å². The van der Waals surface area contributed by atoms with Gasteiger partial charge in [-0.3, -0.25) is 4.79 Å². The predicted molar refractivity (Wildman–Crippen MR) is 46.1 cm³/mol. The summed E-state index contributed by atoms with van der Waals surface area (Å²) in [6.45, 7) is 2.82. The zero-order valence-corrected chi connectivity index (χ0v) is 7.19. The lowest BCUT2D eigenvalue weighted by Gasteiger charge is -2.10. The van der Waals surface area contributed by atoms with E-state index < -0.39 is 24.5 Å². The third-order valence-corrected chi connectivity index (χ3v) is 1.39. The molecule has 0 spiro atoms. The van der Waals surface area contributed by atoms with Gasteiger partial charge < -0.3 is 15.5 Å². The standard InChI is InChI=1S/C8H13NO4/c1-2-3-4-7(11)9-6(5-10)8(12)13/h2,6,10H,1,3-5H2,(H,9,11)(H,12,13)/t6-/m1/s1. The lowest BCUT2D eigenvalue weighted by Crippen LogP contribution is -2.43. The molecule has 0 saturated carbocycles. The van der Waals surface area contributed by atoms with E-state index in [1.807, 2.05) is 0 Å². The normalized spacial score (nSPS) is 11.8. The summed E-state index contributed by atoms with van der Waals surface area (Å²) in [7, 11) is 0. The van der Waals surface area contributed by atoms with E-state index >= 15 is 0 Å². The van der Waals surface area contributed by atoms with Crippen molar-refractivity contribution in [2.24, 2.45) is 0 Å². The molecule has 0 aliphatic carbocycles. The number of aliphatic hydroxyl groups is 1. The molecule has 0 saturated heterocycles. The highest BCUT2D eigenvalue weighted by Crippen LogP contribution is 1.91. The van der Waals surface area contributed by atoms with Crippen molar-refractivity contribution >= 4 is 11.9 Å². The Morgan fingerprint density at radius 3 is 2.54 bits per heavy atom. The number of carboxylic acids is 1. The van der Waals surface area contributed by atoms with Gasteiger partial charge >= 0.3 is 5.97 Å². The van der Waals surface area contributed by atoms with Crippen molar-refractivity contribution in [3.63, 3.8) is 0 Å². The number of carboxylic acid groups (broad SMARTS) is 1. The number of carbonyl (C=O) groups excluding carboxylic acids is 1. The SMILES string of the molecule is C=CCCC(=O)N[C@H](CO)C(=O)O. The largest absolute Gasteiger partial charge is 0.480 e. The minimum Gasteiger partial charge on any atom is -0.480 e. The van der Waals surface area contributed by atoms with E-state index in [1.165, 1.54) is 0 Å². The van der Waals surface area contributed by atoms with Crippen molar-refractivity contribution in [1.82, 2.24) is 5.32 Å². The molecule has 0 aliphatic heterocycles. The zero-order chi connectivity index (χ0) is 10.3. The van der Waals surface area contributed by atoms with Crippen molar-refractivity contribution < 1.29 is 19.8 Å². The highest BCUT2D eigenvalue weighted by Gasteiger charge is 2.17. The Morgan fingerprint density at radius 1 is 1.54 bits per heavy atom. The van der Waals surface area contributed by atoms with Crippen molar-refractivity contribution in [3.8, 4) is 0 Å². The van der Waals surface area contributed by atoms with Crippen molar-refractivity contribution in [3.05, 3.63) is 12.7 Å². The Morgan fingerprint density at radius 2 is 2.15 bits per heavy atom. The van der Waals surface area contributed by atoms with Gasteiger partial charge in [0.1, 0.15) is 6.04 Å². The maximum absolute atomic E-state index is 10.9. The number of aliphatic hydroxyl groups excluding tert-OH is 1. The van der Waals surface area contributed by atoms with Crippen LogP contribution < -0.4 is 5.32 Å². The Balaban J connectivity index is 3.86. The van der Waals surface area contributed by atoms with E-state index in [-0.39, 0.29) is 6.42 Å². The number of allylic oxidation sites excluding steroid dienone is 1.